The standard InChI is InChI=1S/C14H16N4S4/c1-19-13-9(8-15)21-10-11(18-6-4-3-5-7-18)16-14(20-2)17-12(10)22-13/h3-7H2,1-2H3. The lowest BCUT2D eigenvalue weighted by Gasteiger charge is -2.30. The van der Waals surface area contributed by atoms with Gasteiger partial charge in [-0.05, 0) is 31.8 Å². The molecule has 8 heteroatoms. The van der Waals surface area contributed by atoms with Gasteiger partial charge < -0.3 is 4.90 Å². The van der Waals surface area contributed by atoms with Crippen molar-refractivity contribution in [2.24, 2.45) is 0 Å². The molecule has 0 amide bonds. The van der Waals surface area contributed by atoms with Crippen molar-refractivity contribution >= 4 is 52.9 Å². The summed E-state index contributed by atoms with van der Waals surface area (Å²) in [5.41, 5.74) is 0. The molecule has 1 aromatic heterocycles. The van der Waals surface area contributed by atoms with E-state index < -0.39 is 0 Å². The number of thioether (sulfide) groups is 4. The van der Waals surface area contributed by atoms with Gasteiger partial charge in [0.2, 0.25) is 0 Å². The van der Waals surface area contributed by atoms with Gasteiger partial charge in [-0.15, -0.1) is 11.8 Å². The van der Waals surface area contributed by atoms with E-state index in [1.807, 2.05) is 12.5 Å². The first-order valence-electron chi connectivity index (χ1n) is 7.02. The molecule has 4 nitrogen and oxygen atoms in total. The molecule has 0 N–H and O–H groups in total. The average molecular weight is 369 g/mol. The molecule has 1 fully saturated rings. The minimum absolute atomic E-state index is 0.767. The second-order valence-corrected chi connectivity index (χ2v) is 8.72. The first-order chi connectivity index (χ1) is 10.8. The third-order valence-corrected chi connectivity index (χ3v) is 7.72. The Morgan fingerprint density at radius 2 is 1.86 bits per heavy atom. The second-order valence-electron chi connectivity index (χ2n) is 4.85. The SMILES string of the molecule is CSC1=C(C#N)Sc2c(nc(SC)nc2N2CCCCC2)S1. The Bertz CT molecular complexity index is 647. The quantitative estimate of drug-likeness (QED) is 0.441. The lowest BCUT2D eigenvalue weighted by Crippen LogP contribution is -2.31. The molecule has 0 bridgehead atoms. The van der Waals surface area contributed by atoms with Gasteiger partial charge in [-0.1, -0.05) is 35.3 Å². The molecule has 1 aromatic rings. The zero-order valence-corrected chi connectivity index (χ0v) is 15.7. The molecule has 0 aliphatic carbocycles. The number of piperidine rings is 1. The van der Waals surface area contributed by atoms with E-state index in [0.29, 0.717) is 0 Å². The van der Waals surface area contributed by atoms with Gasteiger partial charge in [0.15, 0.2) is 5.16 Å². The fraction of sp³-hybridized carbons (Fsp3) is 0.500. The summed E-state index contributed by atoms with van der Waals surface area (Å²) in [6, 6.07) is 2.33. The molecule has 0 radical (unpaired) electrons. The number of fused-ring (bicyclic) bond motifs is 1. The number of rotatable bonds is 3. The van der Waals surface area contributed by atoms with Crippen LogP contribution in [0.4, 0.5) is 5.82 Å². The number of anilines is 1. The molecule has 2 aliphatic heterocycles. The highest BCUT2D eigenvalue weighted by Gasteiger charge is 2.28. The molecular formula is C14H16N4S4. The van der Waals surface area contributed by atoms with Crippen LogP contribution >= 0.6 is 47.0 Å². The van der Waals surface area contributed by atoms with Gasteiger partial charge >= 0.3 is 0 Å². The molecule has 22 heavy (non-hydrogen) atoms. The highest BCUT2D eigenvalue weighted by atomic mass is 32.2. The highest BCUT2D eigenvalue weighted by Crippen LogP contribution is 2.52. The minimum Gasteiger partial charge on any atom is -0.356 e. The van der Waals surface area contributed by atoms with Crippen molar-refractivity contribution in [2.75, 3.05) is 30.5 Å². The van der Waals surface area contributed by atoms with Crippen LogP contribution < -0.4 is 4.90 Å². The summed E-state index contributed by atoms with van der Waals surface area (Å²) in [4.78, 5) is 13.6. The predicted octanol–water partition coefficient (Wildman–Crippen LogP) is 4.44. The van der Waals surface area contributed by atoms with E-state index in [4.69, 9.17) is 4.98 Å². The van der Waals surface area contributed by atoms with Gasteiger partial charge in [0.05, 0.1) is 9.13 Å². The maximum Gasteiger partial charge on any atom is 0.190 e. The second kappa shape index (κ2) is 7.39. The van der Waals surface area contributed by atoms with Crippen molar-refractivity contribution in [3.05, 3.63) is 9.14 Å². The van der Waals surface area contributed by atoms with E-state index >= 15 is 0 Å². The Kier molecular flexibility index (Phi) is 5.50. The summed E-state index contributed by atoms with van der Waals surface area (Å²) < 4.78 is 1.04. The van der Waals surface area contributed by atoms with Crippen LogP contribution in [-0.2, 0) is 0 Å². The van der Waals surface area contributed by atoms with E-state index in [-0.39, 0.29) is 0 Å². The highest BCUT2D eigenvalue weighted by molar-refractivity contribution is 8.23. The number of nitrogens with zero attached hydrogens (tertiary/aromatic N) is 4. The summed E-state index contributed by atoms with van der Waals surface area (Å²) in [5, 5.41) is 11.2. The summed E-state index contributed by atoms with van der Waals surface area (Å²) in [7, 11) is 0. The van der Waals surface area contributed by atoms with Crippen LogP contribution in [-0.4, -0.2) is 35.6 Å². The minimum atomic E-state index is 0.767. The fourth-order valence-corrected chi connectivity index (χ4v) is 5.91. The smallest absolute Gasteiger partial charge is 0.190 e. The Morgan fingerprint density at radius 3 is 2.50 bits per heavy atom. The van der Waals surface area contributed by atoms with Gasteiger partial charge in [-0.25, -0.2) is 9.97 Å². The van der Waals surface area contributed by atoms with E-state index in [2.05, 4.69) is 16.0 Å². The van der Waals surface area contributed by atoms with Crippen molar-refractivity contribution < 1.29 is 0 Å². The largest absolute Gasteiger partial charge is 0.356 e. The van der Waals surface area contributed by atoms with Crippen LogP contribution in [0.1, 0.15) is 19.3 Å². The zero-order valence-electron chi connectivity index (χ0n) is 12.5. The number of hydrogen-bond donors (Lipinski definition) is 0. The van der Waals surface area contributed by atoms with Gasteiger partial charge in [-0.2, -0.15) is 5.26 Å². The number of nitriles is 1. The molecule has 0 saturated carbocycles. The molecule has 3 heterocycles. The molecule has 0 atom stereocenters. The van der Waals surface area contributed by atoms with Crippen molar-refractivity contribution in [3.8, 4) is 6.07 Å². The normalized spacial score (nSPS) is 18.1. The van der Waals surface area contributed by atoms with Gasteiger partial charge in [0.1, 0.15) is 21.8 Å². The van der Waals surface area contributed by atoms with Crippen LogP contribution in [0, 0.1) is 11.3 Å². The number of hydrogen-bond acceptors (Lipinski definition) is 8. The maximum atomic E-state index is 9.41. The summed E-state index contributed by atoms with van der Waals surface area (Å²) in [5.74, 6) is 1.01. The van der Waals surface area contributed by atoms with Crippen LogP contribution in [0.25, 0.3) is 0 Å². The monoisotopic (exact) mass is 368 g/mol. The number of aromatic nitrogens is 2. The molecule has 0 spiro atoms. The maximum absolute atomic E-state index is 9.41. The van der Waals surface area contributed by atoms with Crippen LogP contribution in [0.15, 0.2) is 24.2 Å². The van der Waals surface area contributed by atoms with E-state index in [1.54, 1.807) is 35.3 Å². The summed E-state index contributed by atoms with van der Waals surface area (Å²) in [6.07, 6.45) is 7.73. The van der Waals surface area contributed by atoms with E-state index in [9.17, 15) is 5.26 Å². The van der Waals surface area contributed by atoms with Gasteiger partial charge in [0.25, 0.3) is 0 Å². The summed E-state index contributed by atoms with van der Waals surface area (Å²) in [6.45, 7) is 2.09. The molecule has 0 unspecified atom stereocenters. The lowest BCUT2D eigenvalue weighted by atomic mass is 10.1. The van der Waals surface area contributed by atoms with Gasteiger partial charge in [-0.3, -0.25) is 0 Å². The van der Waals surface area contributed by atoms with Crippen molar-refractivity contribution in [1.29, 1.82) is 5.26 Å². The first-order valence-corrected chi connectivity index (χ1v) is 11.1. The fourth-order valence-electron chi connectivity index (χ4n) is 2.45. The number of allylic oxidation sites excluding steroid dienone is 1. The van der Waals surface area contributed by atoms with Crippen LogP contribution in [0.3, 0.4) is 0 Å². The Hall–Kier alpha value is -0.490. The van der Waals surface area contributed by atoms with E-state index in [0.717, 1.165) is 43.1 Å². The van der Waals surface area contributed by atoms with Crippen molar-refractivity contribution in [2.45, 2.75) is 34.3 Å². The Morgan fingerprint density at radius 1 is 1.09 bits per heavy atom. The van der Waals surface area contributed by atoms with Crippen molar-refractivity contribution in [3.63, 3.8) is 0 Å². The van der Waals surface area contributed by atoms with E-state index in [1.165, 1.54) is 31.0 Å². The van der Waals surface area contributed by atoms with Crippen LogP contribution in [0.2, 0.25) is 0 Å². The molecule has 2 aliphatic rings. The third-order valence-electron chi connectivity index (χ3n) is 3.50. The molecular weight excluding hydrogens is 352 g/mol. The topological polar surface area (TPSA) is 52.8 Å². The Balaban J connectivity index is 2.04. The lowest BCUT2D eigenvalue weighted by molar-refractivity contribution is 0.565. The molecule has 0 aromatic carbocycles. The molecule has 3 rings (SSSR count). The average Bonchev–Trinajstić information content (AvgIpc) is 2.60. The molecule has 1 saturated heterocycles. The Labute approximate surface area is 147 Å². The molecule has 116 valence electrons. The third kappa shape index (κ3) is 3.23. The summed E-state index contributed by atoms with van der Waals surface area (Å²) >= 11 is 6.33. The first kappa shape index (κ1) is 16.4. The van der Waals surface area contributed by atoms with Gasteiger partial charge in [0, 0.05) is 13.1 Å². The van der Waals surface area contributed by atoms with Crippen molar-refractivity contribution in [1.82, 2.24) is 9.97 Å². The zero-order chi connectivity index (χ0) is 15.5. The van der Waals surface area contributed by atoms with Crippen LogP contribution in [0.5, 0.6) is 0 Å². The predicted molar refractivity (Wildman–Crippen MR) is 97.7 cm³/mol.